The van der Waals surface area contributed by atoms with Crippen LogP contribution in [-0.4, -0.2) is 25.0 Å². The van der Waals surface area contributed by atoms with Gasteiger partial charge in [-0.25, -0.2) is 4.79 Å². The van der Waals surface area contributed by atoms with E-state index in [-0.39, 0.29) is 5.91 Å². The van der Waals surface area contributed by atoms with Crippen LogP contribution in [0.4, 0.5) is 0 Å². The zero-order valence-corrected chi connectivity index (χ0v) is 7.51. The maximum atomic E-state index is 11.0. The summed E-state index contributed by atoms with van der Waals surface area (Å²) in [5.74, 6) is -0.808. The van der Waals surface area contributed by atoms with Crippen LogP contribution in [0.5, 0.6) is 0 Å². The zero-order valence-electron chi connectivity index (χ0n) is 7.51. The molecule has 0 bridgehead atoms. The zero-order chi connectivity index (χ0) is 9.72. The first-order valence-electron chi connectivity index (χ1n) is 3.53. The van der Waals surface area contributed by atoms with Gasteiger partial charge in [-0.05, 0) is 13.8 Å². The van der Waals surface area contributed by atoms with Gasteiger partial charge in [-0.2, -0.15) is 0 Å². The molecule has 1 amide bonds. The highest BCUT2D eigenvalue weighted by molar-refractivity contribution is 5.94. The van der Waals surface area contributed by atoms with Crippen LogP contribution in [0.3, 0.4) is 0 Å². The van der Waals surface area contributed by atoms with E-state index in [4.69, 9.17) is 0 Å². The number of amides is 1. The molecule has 0 radical (unpaired) electrons. The van der Waals surface area contributed by atoms with Crippen molar-refractivity contribution in [3.05, 3.63) is 12.2 Å². The molecule has 1 atom stereocenters. The molecule has 0 aromatic rings. The Bertz CT molecular complexity index is 210. The summed E-state index contributed by atoms with van der Waals surface area (Å²) in [4.78, 5) is 21.8. The Morgan fingerprint density at radius 1 is 1.50 bits per heavy atom. The summed E-state index contributed by atoms with van der Waals surface area (Å²) < 4.78 is 4.41. The second-order valence-corrected chi connectivity index (χ2v) is 2.50. The maximum absolute atomic E-state index is 11.0. The quantitative estimate of drug-likeness (QED) is 0.489. The average Bonchev–Trinajstić information content (AvgIpc) is 2.02. The van der Waals surface area contributed by atoms with Crippen molar-refractivity contribution in [2.24, 2.45) is 0 Å². The van der Waals surface area contributed by atoms with Gasteiger partial charge < -0.3 is 10.1 Å². The third kappa shape index (κ3) is 3.18. The molecule has 0 saturated heterocycles. The second-order valence-electron chi connectivity index (χ2n) is 2.50. The lowest BCUT2D eigenvalue weighted by molar-refractivity contribution is -0.144. The van der Waals surface area contributed by atoms with Crippen molar-refractivity contribution in [2.45, 2.75) is 19.9 Å². The molecule has 1 N–H and O–H groups in total. The first-order valence-corrected chi connectivity index (χ1v) is 3.53. The van der Waals surface area contributed by atoms with Crippen LogP contribution in [0.2, 0.25) is 0 Å². The monoisotopic (exact) mass is 171 g/mol. The Labute approximate surface area is 71.6 Å². The fourth-order valence-electron chi connectivity index (χ4n) is 0.556. The third-order valence-corrected chi connectivity index (χ3v) is 1.29. The largest absolute Gasteiger partial charge is 0.467 e. The predicted octanol–water partition coefficient (Wildman–Crippen LogP) is 0.240. The van der Waals surface area contributed by atoms with Gasteiger partial charge in [0.2, 0.25) is 5.91 Å². The number of methoxy groups -OCH3 is 1. The van der Waals surface area contributed by atoms with Crippen LogP contribution in [0.15, 0.2) is 12.2 Å². The summed E-state index contributed by atoms with van der Waals surface area (Å²) in [6.07, 6.45) is 0. The van der Waals surface area contributed by atoms with Gasteiger partial charge in [0.1, 0.15) is 6.04 Å². The summed E-state index contributed by atoms with van der Waals surface area (Å²) in [5, 5.41) is 2.42. The highest BCUT2D eigenvalue weighted by atomic mass is 16.5. The fraction of sp³-hybridized carbons (Fsp3) is 0.500. The molecule has 68 valence electrons. The van der Waals surface area contributed by atoms with Crippen molar-refractivity contribution in [1.29, 1.82) is 0 Å². The minimum absolute atomic E-state index is 0.340. The topological polar surface area (TPSA) is 55.4 Å². The lowest BCUT2D eigenvalue weighted by Gasteiger charge is -2.10. The van der Waals surface area contributed by atoms with Gasteiger partial charge in [0.25, 0.3) is 0 Å². The Kier molecular flexibility index (Phi) is 4.04. The molecule has 0 aromatic heterocycles. The molecule has 0 aliphatic carbocycles. The smallest absolute Gasteiger partial charge is 0.328 e. The van der Waals surface area contributed by atoms with E-state index in [0.717, 1.165) is 0 Å². The first kappa shape index (κ1) is 10.7. The minimum Gasteiger partial charge on any atom is -0.467 e. The molecule has 0 heterocycles. The molecule has 0 fully saturated rings. The standard InChI is InChI=1S/C8H13NO3/c1-5(2)7(10)9-6(3)8(11)12-4/h6H,1H2,2-4H3,(H,9,10). The van der Waals surface area contributed by atoms with Gasteiger partial charge in [-0.1, -0.05) is 6.58 Å². The van der Waals surface area contributed by atoms with Crippen molar-refractivity contribution in [1.82, 2.24) is 5.32 Å². The van der Waals surface area contributed by atoms with Crippen molar-refractivity contribution in [3.8, 4) is 0 Å². The number of hydrogen-bond donors (Lipinski definition) is 1. The van der Waals surface area contributed by atoms with E-state index in [1.165, 1.54) is 7.11 Å². The first-order chi connectivity index (χ1) is 5.49. The molecule has 1 unspecified atom stereocenters. The molecule has 0 aromatic carbocycles. The van der Waals surface area contributed by atoms with Crippen LogP contribution >= 0.6 is 0 Å². The van der Waals surface area contributed by atoms with Gasteiger partial charge in [0.15, 0.2) is 0 Å². The third-order valence-electron chi connectivity index (χ3n) is 1.29. The number of rotatable bonds is 3. The maximum Gasteiger partial charge on any atom is 0.328 e. The lowest BCUT2D eigenvalue weighted by atomic mass is 10.3. The lowest BCUT2D eigenvalue weighted by Crippen LogP contribution is -2.39. The molecule has 0 rings (SSSR count). The van der Waals surface area contributed by atoms with Gasteiger partial charge >= 0.3 is 5.97 Å². The summed E-state index contributed by atoms with van der Waals surface area (Å²) in [6.45, 7) is 6.55. The highest BCUT2D eigenvalue weighted by Crippen LogP contribution is 1.90. The number of carbonyl (C=O) groups is 2. The Morgan fingerprint density at radius 3 is 2.33 bits per heavy atom. The molecule has 0 aliphatic rings. The van der Waals surface area contributed by atoms with E-state index in [1.54, 1.807) is 13.8 Å². The second kappa shape index (κ2) is 4.54. The van der Waals surface area contributed by atoms with Crippen molar-refractivity contribution < 1.29 is 14.3 Å². The normalized spacial score (nSPS) is 11.6. The fourth-order valence-corrected chi connectivity index (χ4v) is 0.556. The number of ether oxygens (including phenoxy) is 1. The van der Waals surface area contributed by atoms with Gasteiger partial charge in [0, 0.05) is 5.57 Å². The van der Waals surface area contributed by atoms with Crippen molar-refractivity contribution >= 4 is 11.9 Å². The Hall–Kier alpha value is -1.32. The summed E-state index contributed by atoms with van der Waals surface area (Å²) >= 11 is 0. The van der Waals surface area contributed by atoms with E-state index in [1.807, 2.05) is 0 Å². The molecule has 4 heteroatoms. The molecule has 4 nitrogen and oxygen atoms in total. The minimum atomic E-state index is -0.626. The van der Waals surface area contributed by atoms with E-state index in [9.17, 15) is 9.59 Å². The van der Waals surface area contributed by atoms with Crippen molar-refractivity contribution in [2.75, 3.05) is 7.11 Å². The predicted molar refractivity (Wildman–Crippen MR) is 44.4 cm³/mol. The number of carbonyl (C=O) groups excluding carboxylic acids is 2. The highest BCUT2D eigenvalue weighted by Gasteiger charge is 2.15. The number of esters is 1. The van der Waals surface area contributed by atoms with Crippen LogP contribution < -0.4 is 5.32 Å². The SMILES string of the molecule is C=C(C)C(=O)NC(C)C(=O)OC. The summed E-state index contributed by atoms with van der Waals surface area (Å²) in [5.41, 5.74) is 0.366. The summed E-state index contributed by atoms with van der Waals surface area (Å²) in [7, 11) is 1.27. The van der Waals surface area contributed by atoms with Crippen LogP contribution in [0.25, 0.3) is 0 Å². The van der Waals surface area contributed by atoms with E-state index in [2.05, 4.69) is 16.6 Å². The summed E-state index contributed by atoms with van der Waals surface area (Å²) in [6, 6.07) is -0.626. The number of nitrogens with one attached hydrogen (secondary N) is 1. The molecular formula is C8H13NO3. The van der Waals surface area contributed by atoms with E-state index in [0.29, 0.717) is 5.57 Å². The Balaban J connectivity index is 4.01. The van der Waals surface area contributed by atoms with E-state index >= 15 is 0 Å². The number of hydrogen-bond acceptors (Lipinski definition) is 3. The van der Waals surface area contributed by atoms with Crippen LogP contribution in [0, 0.1) is 0 Å². The van der Waals surface area contributed by atoms with Gasteiger partial charge in [0.05, 0.1) is 7.11 Å². The molecule has 0 aliphatic heterocycles. The molecule has 12 heavy (non-hydrogen) atoms. The van der Waals surface area contributed by atoms with Crippen molar-refractivity contribution in [3.63, 3.8) is 0 Å². The van der Waals surface area contributed by atoms with Crippen LogP contribution in [-0.2, 0) is 14.3 Å². The van der Waals surface area contributed by atoms with Gasteiger partial charge in [-0.3, -0.25) is 4.79 Å². The van der Waals surface area contributed by atoms with Crippen LogP contribution in [0.1, 0.15) is 13.8 Å². The Morgan fingerprint density at radius 2 is 2.00 bits per heavy atom. The molecule has 0 spiro atoms. The van der Waals surface area contributed by atoms with Gasteiger partial charge in [-0.15, -0.1) is 0 Å². The average molecular weight is 171 g/mol. The molecule has 0 saturated carbocycles. The van der Waals surface area contributed by atoms with E-state index < -0.39 is 12.0 Å². The molecular weight excluding hydrogens is 158 g/mol.